The lowest BCUT2D eigenvalue weighted by Crippen LogP contribution is -2.60. The van der Waals surface area contributed by atoms with Crippen molar-refractivity contribution in [2.75, 3.05) is 4.90 Å². The smallest absolute Gasteiger partial charge is 0.256 e. The van der Waals surface area contributed by atoms with Gasteiger partial charge in [0.2, 0.25) is 0 Å². The average Bonchev–Trinajstić information content (AvgIpc) is 1.65. The summed E-state index contributed by atoms with van der Waals surface area (Å²) in [5.74, 6) is 3.97. The molecule has 20 rings (SSSR count). The third kappa shape index (κ3) is 6.35. The van der Waals surface area contributed by atoms with Gasteiger partial charge in [0.1, 0.15) is 11.5 Å². The Balaban J connectivity index is 0.993. The molecule has 4 heterocycles. The number of anilines is 3. The SMILES string of the molecule is [2H]c1cc(C23CC4CC(CC(C4)C2)C3)cc2c1N(c1c([2H])c([2H])c(C34CC5CC(CC(C5)C3)C4)c([2H])c1[2H])c1c([2H])c(-n3c4c(c5cc(C(C)(C)C)ccc53)C(C)(C)c3ccccc3-4)c([2H])c3c1B2c1c([2H])c([2H])c2c4c(sc2c1O3)C(C)(C)CCC4(C)C. The predicted molar refractivity (Wildman–Crippen MR) is 336 cm³/mol. The van der Waals surface area contributed by atoms with Crippen molar-refractivity contribution in [2.45, 2.75) is 185 Å². The summed E-state index contributed by atoms with van der Waals surface area (Å²) < 4.78 is 107. The minimum atomic E-state index is -0.905. The van der Waals surface area contributed by atoms with Gasteiger partial charge in [-0.15, -0.1) is 11.3 Å². The van der Waals surface area contributed by atoms with Gasteiger partial charge in [-0.2, -0.15) is 0 Å². The topological polar surface area (TPSA) is 17.4 Å². The maximum absolute atomic E-state index is 11.4. The molecule has 0 radical (unpaired) electrons. The molecule has 8 saturated carbocycles. The van der Waals surface area contributed by atoms with E-state index in [0.29, 0.717) is 68.9 Å². The largest absolute Gasteiger partial charge is 0.457 e. The number of benzene rings is 6. The maximum atomic E-state index is 11.4. The quantitative estimate of drug-likeness (QED) is 0.163. The zero-order valence-electron chi connectivity index (χ0n) is 57.3. The number of hydrogen-bond acceptors (Lipinski definition) is 3. The van der Waals surface area contributed by atoms with Crippen LogP contribution in [0.25, 0.3) is 37.9 Å². The first-order chi connectivity index (χ1) is 42.1. The van der Waals surface area contributed by atoms with E-state index in [1.165, 1.54) is 24.1 Å². The van der Waals surface area contributed by atoms with Gasteiger partial charge in [0.15, 0.2) is 0 Å². The minimum absolute atomic E-state index is 0.00810. The molecule has 5 heteroatoms. The molecule has 0 spiro atoms. The molecule has 3 nitrogen and oxygen atoms in total. The van der Waals surface area contributed by atoms with E-state index in [4.69, 9.17) is 4.74 Å². The van der Waals surface area contributed by atoms with E-state index in [2.05, 4.69) is 115 Å². The normalized spacial score (nSPS) is 31.4. The van der Waals surface area contributed by atoms with Gasteiger partial charge in [-0.25, -0.2) is 0 Å². The molecular weight excluding hydrogens is 988 g/mol. The molecule has 2 aromatic heterocycles. The highest BCUT2D eigenvalue weighted by molar-refractivity contribution is 7.20. The number of aromatic nitrogens is 1. The molecule has 0 saturated heterocycles. The standard InChI is InChI=1S/C75H79BN2OS/c1-70(2,3)49-16-22-59-55(32-49)63-66(53-12-10-11-13-56(53)73(63,8)9)78(59)52-34-61-65-62(35-52)79-67-57(21-20-54-64-69(80-68(54)67)72(6,7)25-24-71(64,4)5)76(65)58-33-50(75-39-45-29-46(40-75)31-47(30-45)41-75)17-23-60(58)77(61)51-18-14-48(15-19-51)74-36-42-26-43(37-74)28-44(27-42)38-74/h10-23,32-35,42-47H,24-31,36-41H2,1-9H3/i14D,15D,18D,19D,20D,21D,23D,34D,35D. The summed E-state index contributed by atoms with van der Waals surface area (Å²) >= 11 is 1.66. The fourth-order valence-electron chi connectivity index (χ4n) is 20.4. The van der Waals surface area contributed by atoms with E-state index < -0.39 is 17.5 Å². The zero-order chi connectivity index (χ0) is 61.8. The fraction of sp³-hybridized carbons (Fsp3) is 0.467. The van der Waals surface area contributed by atoms with Crippen LogP contribution in [0, 0.1) is 35.5 Å². The minimum Gasteiger partial charge on any atom is -0.457 e. The third-order valence-corrected chi connectivity index (χ3v) is 25.0. The second kappa shape index (κ2) is 15.6. The number of ether oxygens (including phenoxy) is 1. The second-order valence-corrected chi connectivity index (χ2v) is 31.9. The van der Waals surface area contributed by atoms with Gasteiger partial charge in [-0.05, 0) is 239 Å². The maximum Gasteiger partial charge on any atom is 0.256 e. The highest BCUT2D eigenvalue weighted by Crippen LogP contribution is 2.64. The van der Waals surface area contributed by atoms with Crippen LogP contribution >= 0.6 is 11.3 Å². The number of thiophene rings is 1. The van der Waals surface area contributed by atoms with Crippen molar-refractivity contribution in [2.24, 2.45) is 35.5 Å². The number of fused-ring (bicyclic) bond motifs is 13. The number of nitrogens with zero attached hydrogens (tertiary/aromatic N) is 2. The van der Waals surface area contributed by atoms with Crippen LogP contribution in [0.3, 0.4) is 0 Å². The molecule has 0 amide bonds. The summed E-state index contributed by atoms with van der Waals surface area (Å²) in [6.07, 6.45) is 14.8. The van der Waals surface area contributed by atoms with Crippen molar-refractivity contribution < 1.29 is 17.1 Å². The molecule has 12 aliphatic rings. The van der Waals surface area contributed by atoms with Gasteiger partial charge in [0.05, 0.1) is 33.9 Å². The Morgan fingerprint density at radius 2 is 1.25 bits per heavy atom. The van der Waals surface area contributed by atoms with Crippen LogP contribution in [0.4, 0.5) is 17.1 Å². The fourth-order valence-corrected chi connectivity index (χ4v) is 21.9. The summed E-state index contributed by atoms with van der Waals surface area (Å²) in [6, 6.07) is 19.2. The molecule has 8 fully saturated rings. The van der Waals surface area contributed by atoms with Crippen LogP contribution in [0.15, 0.2) is 109 Å². The van der Waals surface area contributed by atoms with Gasteiger partial charge in [0, 0.05) is 49.7 Å². The summed E-state index contributed by atoms with van der Waals surface area (Å²) in [5.41, 5.74) is 9.34. The van der Waals surface area contributed by atoms with Gasteiger partial charge < -0.3 is 14.2 Å². The second-order valence-electron chi connectivity index (χ2n) is 30.9. The van der Waals surface area contributed by atoms with Crippen LogP contribution in [0.5, 0.6) is 11.5 Å². The Morgan fingerprint density at radius 1 is 0.613 bits per heavy atom. The Hall–Kier alpha value is -5.52. The molecule has 6 aromatic carbocycles. The first-order valence-corrected chi connectivity index (χ1v) is 31.7. The Morgan fingerprint density at radius 3 is 1.91 bits per heavy atom. The lowest BCUT2D eigenvalue weighted by Gasteiger charge is -2.57. The van der Waals surface area contributed by atoms with Crippen LogP contribution in [-0.2, 0) is 32.5 Å². The molecule has 10 aliphatic carbocycles. The molecule has 8 aromatic rings. The molecule has 2 aliphatic heterocycles. The molecule has 0 atom stereocenters. The molecule has 0 N–H and O–H groups in total. The Bertz CT molecular complexity index is 4500. The van der Waals surface area contributed by atoms with Crippen molar-refractivity contribution in [3.05, 3.63) is 147 Å². The van der Waals surface area contributed by atoms with Crippen LogP contribution in [-0.4, -0.2) is 11.3 Å². The lowest BCUT2D eigenvalue weighted by atomic mass is 9.33. The van der Waals surface area contributed by atoms with Gasteiger partial charge in [-0.3, -0.25) is 0 Å². The van der Waals surface area contributed by atoms with Gasteiger partial charge >= 0.3 is 0 Å². The van der Waals surface area contributed by atoms with E-state index in [0.717, 1.165) is 131 Å². The summed E-state index contributed by atoms with van der Waals surface area (Å²) in [5, 5.41) is 1.75. The molecule has 404 valence electrons. The van der Waals surface area contributed by atoms with E-state index in [1.54, 1.807) is 16.2 Å². The van der Waals surface area contributed by atoms with Crippen LogP contribution in [0.1, 0.15) is 203 Å². The third-order valence-electron chi connectivity index (χ3n) is 23.4. The van der Waals surface area contributed by atoms with Crippen LogP contribution in [0.2, 0.25) is 0 Å². The summed E-state index contributed by atoms with van der Waals surface area (Å²) in [4.78, 5) is 2.94. The zero-order valence-corrected chi connectivity index (χ0v) is 49.2. The predicted octanol–water partition coefficient (Wildman–Crippen LogP) is 18.1. The number of hydrogen-bond donors (Lipinski definition) is 0. The molecular formula is C75H79BN2OS. The monoisotopic (exact) mass is 1080 g/mol. The molecule has 0 unspecified atom stereocenters. The van der Waals surface area contributed by atoms with Crippen LogP contribution < -0.4 is 26.0 Å². The first-order valence-electron chi connectivity index (χ1n) is 35.4. The lowest BCUT2D eigenvalue weighted by molar-refractivity contribution is -0.00528. The van der Waals surface area contributed by atoms with Crippen molar-refractivity contribution >= 4 is 72.5 Å². The van der Waals surface area contributed by atoms with Crippen molar-refractivity contribution in [3.8, 4) is 28.4 Å². The average molecular weight is 1080 g/mol. The summed E-state index contributed by atoms with van der Waals surface area (Å²) in [7, 11) is 0. The highest BCUT2D eigenvalue weighted by Gasteiger charge is 2.55. The van der Waals surface area contributed by atoms with Crippen molar-refractivity contribution in [1.82, 2.24) is 4.57 Å². The van der Waals surface area contributed by atoms with E-state index in [9.17, 15) is 12.3 Å². The van der Waals surface area contributed by atoms with Crippen molar-refractivity contribution in [1.29, 1.82) is 0 Å². The Kier molecular flexibility index (Phi) is 7.75. The van der Waals surface area contributed by atoms with E-state index in [1.807, 2.05) is 6.07 Å². The number of rotatable bonds is 4. The highest BCUT2D eigenvalue weighted by atomic mass is 32.1. The van der Waals surface area contributed by atoms with Crippen molar-refractivity contribution in [3.63, 3.8) is 0 Å². The Labute approximate surface area is 492 Å². The van der Waals surface area contributed by atoms with Gasteiger partial charge in [-0.1, -0.05) is 129 Å². The van der Waals surface area contributed by atoms with Gasteiger partial charge in [0.25, 0.3) is 6.71 Å². The van der Waals surface area contributed by atoms with E-state index in [-0.39, 0.29) is 98.9 Å². The first kappa shape index (κ1) is 39.8. The molecule has 80 heavy (non-hydrogen) atoms. The van der Waals surface area contributed by atoms with E-state index >= 15 is 0 Å². The molecule has 8 bridgehead atoms. The summed E-state index contributed by atoms with van der Waals surface area (Å²) in [6.45, 7) is 19.4.